The van der Waals surface area contributed by atoms with Gasteiger partial charge in [-0.2, -0.15) is 10.2 Å². The lowest BCUT2D eigenvalue weighted by molar-refractivity contribution is 0.940. The van der Waals surface area contributed by atoms with Gasteiger partial charge in [0.2, 0.25) is 0 Å². The summed E-state index contributed by atoms with van der Waals surface area (Å²) in [6.45, 7) is 3.93. The van der Waals surface area contributed by atoms with Gasteiger partial charge < -0.3 is 0 Å². The molecular formula is C7H9ClN2. The third kappa shape index (κ3) is 1.27. The first kappa shape index (κ1) is 7.48. The molecule has 54 valence electrons. The van der Waals surface area contributed by atoms with Gasteiger partial charge in [0.15, 0.2) is 0 Å². The van der Waals surface area contributed by atoms with Crippen molar-refractivity contribution in [2.45, 2.75) is 19.7 Å². The molecule has 0 saturated heterocycles. The minimum absolute atomic E-state index is 0.516. The molecule has 0 spiro atoms. The smallest absolute Gasteiger partial charge is 0.0632 e. The summed E-state index contributed by atoms with van der Waals surface area (Å²) < 4.78 is 0. The molecule has 0 saturated carbocycles. The highest BCUT2D eigenvalue weighted by Gasteiger charge is 1.99. The SMILES string of the molecule is Cc1nncc(CCl)c1C. The van der Waals surface area contributed by atoms with Crippen molar-refractivity contribution in [2.24, 2.45) is 0 Å². The van der Waals surface area contributed by atoms with E-state index < -0.39 is 0 Å². The van der Waals surface area contributed by atoms with Crippen LogP contribution in [-0.2, 0) is 5.88 Å². The third-order valence-corrected chi connectivity index (χ3v) is 1.88. The van der Waals surface area contributed by atoms with Gasteiger partial charge in [-0.3, -0.25) is 0 Å². The van der Waals surface area contributed by atoms with Gasteiger partial charge in [-0.05, 0) is 25.0 Å². The molecule has 3 heteroatoms. The standard InChI is InChI=1S/C7H9ClN2/c1-5-6(2)10-9-4-7(5)3-8/h4H,3H2,1-2H3. The first-order chi connectivity index (χ1) is 4.75. The zero-order chi connectivity index (χ0) is 7.56. The summed E-state index contributed by atoms with van der Waals surface area (Å²) in [4.78, 5) is 0. The van der Waals surface area contributed by atoms with Crippen LogP contribution in [0.25, 0.3) is 0 Å². The summed E-state index contributed by atoms with van der Waals surface area (Å²) in [6.07, 6.45) is 1.70. The Morgan fingerprint density at radius 1 is 1.50 bits per heavy atom. The van der Waals surface area contributed by atoms with E-state index in [-0.39, 0.29) is 0 Å². The normalized spacial score (nSPS) is 9.90. The summed E-state index contributed by atoms with van der Waals surface area (Å²) in [5, 5.41) is 7.66. The monoisotopic (exact) mass is 156 g/mol. The van der Waals surface area contributed by atoms with Crippen molar-refractivity contribution >= 4 is 11.6 Å². The average Bonchev–Trinajstić information content (AvgIpc) is 1.95. The molecule has 1 rings (SSSR count). The number of halogens is 1. The van der Waals surface area contributed by atoms with Crippen LogP contribution in [0.5, 0.6) is 0 Å². The van der Waals surface area contributed by atoms with Crippen LogP contribution in [0.15, 0.2) is 6.20 Å². The molecule has 0 aliphatic heterocycles. The van der Waals surface area contributed by atoms with Crippen molar-refractivity contribution in [3.05, 3.63) is 23.0 Å². The van der Waals surface area contributed by atoms with Crippen molar-refractivity contribution in [1.82, 2.24) is 10.2 Å². The van der Waals surface area contributed by atoms with Gasteiger partial charge in [0.1, 0.15) is 0 Å². The summed E-state index contributed by atoms with van der Waals surface area (Å²) in [7, 11) is 0. The van der Waals surface area contributed by atoms with Crippen molar-refractivity contribution in [2.75, 3.05) is 0 Å². The van der Waals surface area contributed by atoms with Crippen LogP contribution in [0.2, 0.25) is 0 Å². The fourth-order valence-corrected chi connectivity index (χ4v) is 0.994. The molecule has 0 aliphatic rings. The predicted octanol–water partition coefficient (Wildman–Crippen LogP) is 1.83. The summed E-state index contributed by atoms with van der Waals surface area (Å²) in [5.41, 5.74) is 3.16. The van der Waals surface area contributed by atoms with Gasteiger partial charge in [0, 0.05) is 5.88 Å². The largest absolute Gasteiger partial charge is 0.159 e. The van der Waals surface area contributed by atoms with Gasteiger partial charge in [-0.25, -0.2) is 0 Å². The molecular weight excluding hydrogens is 148 g/mol. The molecule has 0 radical (unpaired) electrons. The lowest BCUT2D eigenvalue weighted by atomic mass is 10.1. The molecule has 0 N–H and O–H groups in total. The second kappa shape index (κ2) is 2.97. The molecule has 0 aromatic carbocycles. The van der Waals surface area contributed by atoms with Gasteiger partial charge in [-0.15, -0.1) is 11.6 Å². The molecule has 0 atom stereocenters. The maximum atomic E-state index is 5.64. The van der Waals surface area contributed by atoms with Crippen LogP contribution in [0, 0.1) is 13.8 Å². The maximum absolute atomic E-state index is 5.64. The Labute approximate surface area is 65.2 Å². The van der Waals surface area contributed by atoms with Crippen LogP contribution in [0.3, 0.4) is 0 Å². The van der Waals surface area contributed by atoms with E-state index in [1.165, 1.54) is 0 Å². The minimum Gasteiger partial charge on any atom is -0.159 e. The Morgan fingerprint density at radius 2 is 2.20 bits per heavy atom. The number of hydrogen-bond acceptors (Lipinski definition) is 2. The van der Waals surface area contributed by atoms with E-state index in [1.807, 2.05) is 13.8 Å². The lowest BCUT2D eigenvalue weighted by Gasteiger charge is -2.00. The van der Waals surface area contributed by atoms with Gasteiger partial charge in [-0.1, -0.05) is 0 Å². The van der Waals surface area contributed by atoms with E-state index in [1.54, 1.807) is 6.20 Å². The number of rotatable bonds is 1. The molecule has 0 bridgehead atoms. The van der Waals surface area contributed by atoms with E-state index in [9.17, 15) is 0 Å². The average molecular weight is 157 g/mol. The van der Waals surface area contributed by atoms with Crippen molar-refractivity contribution in [1.29, 1.82) is 0 Å². The minimum atomic E-state index is 0.516. The summed E-state index contributed by atoms with van der Waals surface area (Å²) >= 11 is 5.64. The zero-order valence-electron chi connectivity index (χ0n) is 6.06. The molecule has 2 nitrogen and oxygen atoms in total. The van der Waals surface area contributed by atoms with E-state index in [2.05, 4.69) is 10.2 Å². The van der Waals surface area contributed by atoms with E-state index in [0.29, 0.717) is 5.88 Å². The van der Waals surface area contributed by atoms with Crippen LogP contribution in [0.4, 0.5) is 0 Å². The van der Waals surface area contributed by atoms with E-state index in [0.717, 1.165) is 16.8 Å². The van der Waals surface area contributed by atoms with Crippen molar-refractivity contribution in [3.8, 4) is 0 Å². The fourth-order valence-electron chi connectivity index (χ4n) is 0.724. The van der Waals surface area contributed by atoms with Crippen LogP contribution in [0.1, 0.15) is 16.8 Å². The van der Waals surface area contributed by atoms with Gasteiger partial charge >= 0.3 is 0 Å². The van der Waals surface area contributed by atoms with E-state index >= 15 is 0 Å². The molecule has 1 aromatic heterocycles. The highest BCUT2D eigenvalue weighted by molar-refractivity contribution is 6.17. The van der Waals surface area contributed by atoms with Crippen LogP contribution >= 0.6 is 11.6 Å². The number of alkyl halides is 1. The molecule has 0 amide bonds. The van der Waals surface area contributed by atoms with E-state index in [4.69, 9.17) is 11.6 Å². The van der Waals surface area contributed by atoms with Crippen LogP contribution < -0.4 is 0 Å². The molecule has 0 unspecified atom stereocenters. The van der Waals surface area contributed by atoms with Crippen molar-refractivity contribution in [3.63, 3.8) is 0 Å². The Bertz CT molecular complexity index is 235. The Kier molecular flexibility index (Phi) is 2.22. The molecule has 1 heterocycles. The Balaban J connectivity index is 3.14. The third-order valence-electron chi connectivity index (χ3n) is 1.59. The summed E-state index contributed by atoms with van der Waals surface area (Å²) in [5.74, 6) is 0.516. The molecule has 0 fully saturated rings. The predicted molar refractivity (Wildman–Crippen MR) is 41.1 cm³/mol. The fraction of sp³-hybridized carbons (Fsp3) is 0.429. The maximum Gasteiger partial charge on any atom is 0.0632 e. The first-order valence-corrected chi connectivity index (χ1v) is 3.63. The molecule has 1 aromatic rings. The van der Waals surface area contributed by atoms with Gasteiger partial charge in [0.05, 0.1) is 11.9 Å². The number of aromatic nitrogens is 2. The van der Waals surface area contributed by atoms with Gasteiger partial charge in [0.25, 0.3) is 0 Å². The van der Waals surface area contributed by atoms with Crippen LogP contribution in [-0.4, -0.2) is 10.2 Å². The van der Waals surface area contributed by atoms with Crippen molar-refractivity contribution < 1.29 is 0 Å². The highest BCUT2D eigenvalue weighted by atomic mass is 35.5. The Hall–Kier alpha value is -0.630. The lowest BCUT2D eigenvalue weighted by Crippen LogP contribution is -1.94. The topological polar surface area (TPSA) is 25.8 Å². The molecule has 10 heavy (non-hydrogen) atoms. The molecule has 0 aliphatic carbocycles. The second-order valence-corrected chi connectivity index (χ2v) is 2.48. The zero-order valence-corrected chi connectivity index (χ0v) is 6.81. The first-order valence-electron chi connectivity index (χ1n) is 3.09. The highest BCUT2D eigenvalue weighted by Crippen LogP contribution is 2.10. The number of hydrogen-bond donors (Lipinski definition) is 0. The number of aryl methyl sites for hydroxylation is 1. The second-order valence-electron chi connectivity index (χ2n) is 2.21. The quantitative estimate of drug-likeness (QED) is 0.580. The summed E-state index contributed by atoms with van der Waals surface area (Å²) in [6, 6.07) is 0. The number of nitrogens with zero attached hydrogens (tertiary/aromatic N) is 2. The Morgan fingerprint density at radius 3 is 2.70 bits per heavy atom.